The highest BCUT2D eigenvalue weighted by Crippen LogP contribution is 2.51. The van der Waals surface area contributed by atoms with E-state index in [2.05, 4.69) is 19.4 Å². The number of furan rings is 4. The number of benzene rings is 12. The summed E-state index contributed by atoms with van der Waals surface area (Å²) in [5.41, 5.74) is 28.5. The van der Waals surface area contributed by atoms with Crippen molar-refractivity contribution >= 4 is 111 Å². The van der Waals surface area contributed by atoms with Crippen LogP contribution in [0.2, 0.25) is 0 Å². The van der Waals surface area contributed by atoms with Crippen molar-refractivity contribution in [1.29, 1.82) is 0 Å². The molecule has 0 aliphatic heterocycles. The third-order valence-electron chi connectivity index (χ3n) is 27.8. The second kappa shape index (κ2) is 37.1. The van der Waals surface area contributed by atoms with Gasteiger partial charge in [0.05, 0.1) is 58.1 Å². The second-order valence-electron chi connectivity index (χ2n) is 36.1. The second-order valence-corrected chi connectivity index (χ2v) is 36.1. The third kappa shape index (κ3) is 15.8. The molecule has 0 radical (unpaired) electrons. The van der Waals surface area contributed by atoms with Gasteiger partial charge in [-0.05, 0) is 153 Å². The van der Waals surface area contributed by atoms with Gasteiger partial charge in [-0.1, -0.05) is 264 Å². The van der Waals surface area contributed by atoms with Gasteiger partial charge in [0.2, 0.25) is 22.8 Å². The normalized spacial score (nSPS) is 14.9. The van der Waals surface area contributed by atoms with Gasteiger partial charge in [0.25, 0.3) is 0 Å². The first-order valence-electron chi connectivity index (χ1n) is 52.8. The van der Waals surface area contributed by atoms with Gasteiger partial charge in [-0.25, -0.2) is 19.4 Å². The molecule has 668 valence electrons. The van der Waals surface area contributed by atoms with Crippen LogP contribution in [0, 0.1) is 95.5 Å². The summed E-state index contributed by atoms with van der Waals surface area (Å²) < 4.78 is 148. The number of nitrogens with zero attached hydrogens (tertiary/aromatic N) is 8. The number of pyridine rings is 4. The first-order chi connectivity index (χ1) is 71.1. The summed E-state index contributed by atoms with van der Waals surface area (Å²) in [6.07, 6.45) is 7.95. The molecule has 8 heterocycles. The van der Waals surface area contributed by atoms with Crippen molar-refractivity contribution in [3.8, 4) is 89.5 Å². The zero-order valence-electron chi connectivity index (χ0n) is 92.4. The van der Waals surface area contributed by atoms with Gasteiger partial charge in [-0.2, -0.15) is 18.3 Å². The average Bonchev–Trinajstić information content (AvgIpc) is 1.63. The zero-order valence-corrected chi connectivity index (χ0v) is 79.4. The minimum atomic E-state index is -2.32. The number of aromatic nitrogens is 4. The van der Waals surface area contributed by atoms with Crippen molar-refractivity contribution in [3.05, 3.63) is 379 Å². The molecular weight excluding hydrogens is 1670 g/mol. The van der Waals surface area contributed by atoms with Gasteiger partial charge in [-0.3, -0.25) is 0 Å². The number of hydrogen-bond donors (Lipinski definition) is 0. The Morgan fingerprint density at radius 3 is 0.882 bits per heavy atom. The molecule has 2 saturated carbocycles. The SMILES string of the molecule is [2H]c1c(C([2H])(C)C)c([2H])c(-c2c(C)ccc3c2oc2c(-c4ccccc4)c([N+]#[C-])ccc23)[n+](C)c1C.[2H]c1c(C)c(C([2H])([2H])[2H])c(C)[n+](C)c1-c1c(C)ccc2c1oc1c(-c3ccccc3)c([N+]#[C-])ccc12.[2H]c1c([2H])c(-c2c(C)ccc3c2oc2c(-c4ccccc4)c([N+]#[C-])ccc23)[n+](C)c(C)c1C1([2H])CCCC1.[2H]c1c([2H])c(-c2c(C)ccc3c2oc2c(-c4ccccc4)c([N+]#[C-])ccc23)[n+](C)c(C)c1C1([2H])CCCCC1. The molecule has 0 unspecified atom stereocenters. The maximum absolute atomic E-state index is 9.24. The number of hydrogen-bond acceptors (Lipinski definition) is 4. The molecule has 2 aliphatic carbocycles. The minimum Gasteiger partial charge on any atom is -0.456 e. The molecule has 8 aromatic heterocycles. The van der Waals surface area contributed by atoms with Gasteiger partial charge in [0, 0.05) is 148 Å². The van der Waals surface area contributed by atoms with Crippen LogP contribution in [0.25, 0.3) is 197 Å². The van der Waals surface area contributed by atoms with Crippen LogP contribution in [0.1, 0.15) is 180 Å². The summed E-state index contributed by atoms with van der Waals surface area (Å²) in [6.45, 7) is 49.4. The van der Waals surface area contributed by atoms with Gasteiger partial charge in [0.1, 0.15) is 72.9 Å². The molecule has 2 fully saturated rings. The lowest BCUT2D eigenvalue weighted by Gasteiger charge is -2.22. The average molecular weight is 1790 g/mol. The summed E-state index contributed by atoms with van der Waals surface area (Å²) in [5.74, 6) is -2.75. The highest BCUT2D eigenvalue weighted by Gasteiger charge is 2.34. The molecule has 12 heteroatoms. The van der Waals surface area contributed by atoms with Crippen LogP contribution < -0.4 is 18.3 Å². The molecule has 0 atom stereocenters. The van der Waals surface area contributed by atoms with Crippen LogP contribution in [0.5, 0.6) is 0 Å². The number of rotatable bonds is 11. The highest BCUT2D eigenvalue weighted by molar-refractivity contribution is 6.19. The van der Waals surface area contributed by atoms with E-state index in [4.69, 9.17) is 59.0 Å². The summed E-state index contributed by atoms with van der Waals surface area (Å²) in [6, 6.07) is 71.5. The monoisotopic (exact) mass is 1790 g/mol. The van der Waals surface area contributed by atoms with Crippen LogP contribution >= 0.6 is 0 Å². The molecule has 0 amide bonds. The zero-order chi connectivity index (χ0) is 106. The van der Waals surface area contributed by atoms with E-state index >= 15 is 0 Å². The van der Waals surface area contributed by atoms with E-state index < -0.39 is 24.5 Å². The third-order valence-corrected chi connectivity index (χ3v) is 27.8. The predicted molar refractivity (Wildman–Crippen MR) is 557 cm³/mol. The van der Waals surface area contributed by atoms with E-state index in [1.807, 2.05) is 302 Å². The molecule has 2 aliphatic rings. The smallest absolute Gasteiger partial charge is 0.216 e. The molecule has 20 aromatic rings. The quantitative estimate of drug-likeness (QED) is 0.0954. The van der Waals surface area contributed by atoms with Crippen LogP contribution in [0.15, 0.2) is 278 Å². The molecule has 22 rings (SSSR count). The van der Waals surface area contributed by atoms with E-state index in [1.165, 1.54) is 0 Å². The van der Waals surface area contributed by atoms with Crippen molar-refractivity contribution in [2.45, 2.75) is 158 Å². The van der Waals surface area contributed by atoms with Crippen LogP contribution in [0.4, 0.5) is 22.7 Å². The lowest BCUT2D eigenvalue weighted by Crippen LogP contribution is -2.36. The van der Waals surface area contributed by atoms with E-state index in [0.29, 0.717) is 124 Å². The van der Waals surface area contributed by atoms with Crippen LogP contribution in [-0.2, 0) is 28.2 Å². The first kappa shape index (κ1) is 74.9. The molecule has 0 saturated heterocycles. The molecule has 0 spiro atoms. The standard InChI is InChI=1S/C33H31N2O.C32H29N2O.C30H27N2O.C29H25N2O/c1-21-15-16-26-27-17-19-28(34-3)31(24-13-9-6-10-14-24)33(27)36-32(26)30(21)29-20-18-25(22(2)35(29)4)23-11-7-5-8-12-23;1-20-14-15-25-26-16-18-27(33-3)30(23-12-6-5-7-13-23)32(26)35-31(25)29(20)28-19-17-24(21(2)34(28)4)22-10-8-9-11-22;1-18(2)22-16-20(4)32(6)26(17-22)27-19(3)12-13-23-24-14-15-25(31-5)28(30(24)33-29(23)27)21-10-8-7-9-11-21;1-17-12-13-22-23-14-15-24(30-5)27(21-10-8-7-9-11-21)29(23)32-28(22)26(17)25-16-18(2)19(3)20(4)31(25)6/h6,9-10,13-20,23H,5,7-8,11-12H2,1-2,4H3;5-7,12-19,22H,8-11H2,1-2,4H3;7-18H,1-4,6H3;7-16H,1-4,6H3/q4*+1/i18D,20D,23D;17D,19D,22D;16D,17D,18D;3D3,16D. The van der Waals surface area contributed by atoms with Gasteiger partial charge in [-0.15, -0.1) is 0 Å². The fourth-order valence-corrected chi connectivity index (χ4v) is 20.1. The largest absolute Gasteiger partial charge is 0.456 e. The van der Waals surface area contributed by atoms with Crippen molar-refractivity contribution < 1.29 is 53.8 Å². The summed E-state index contributed by atoms with van der Waals surface area (Å²) in [4.78, 5) is 15.1. The fourth-order valence-electron chi connectivity index (χ4n) is 20.1. The van der Waals surface area contributed by atoms with Crippen LogP contribution in [0.3, 0.4) is 0 Å². The highest BCUT2D eigenvalue weighted by atomic mass is 16.3. The van der Waals surface area contributed by atoms with Gasteiger partial charge >= 0.3 is 0 Å². The van der Waals surface area contributed by atoms with Crippen molar-refractivity contribution in [3.63, 3.8) is 0 Å². The molecular formula is C124H112N8O4+4. The van der Waals surface area contributed by atoms with Crippen molar-refractivity contribution in [2.24, 2.45) is 28.2 Å². The van der Waals surface area contributed by atoms with E-state index in [1.54, 1.807) is 39.3 Å². The lowest BCUT2D eigenvalue weighted by molar-refractivity contribution is -0.667. The minimum absolute atomic E-state index is 0.118. The summed E-state index contributed by atoms with van der Waals surface area (Å²) in [5, 5.41) is 7.23. The van der Waals surface area contributed by atoms with E-state index in [-0.39, 0.29) is 47.9 Å². The Kier molecular flexibility index (Phi) is 20.4. The van der Waals surface area contributed by atoms with Crippen molar-refractivity contribution in [2.75, 3.05) is 0 Å². The fraction of sp³-hybridized carbons (Fsp3) is 0.226. The summed E-state index contributed by atoms with van der Waals surface area (Å²) >= 11 is 0. The summed E-state index contributed by atoms with van der Waals surface area (Å²) in [7, 11) is 7.52. The molecule has 12 aromatic carbocycles. The van der Waals surface area contributed by atoms with Crippen molar-refractivity contribution in [1.82, 2.24) is 0 Å². The first-order valence-corrected chi connectivity index (χ1v) is 46.3. The van der Waals surface area contributed by atoms with Gasteiger partial charge in [0.15, 0.2) is 45.5 Å². The Hall–Kier alpha value is -15.6. The molecule has 0 N–H and O–H groups in total. The Bertz CT molecular complexity index is 9070. The van der Waals surface area contributed by atoms with Gasteiger partial charge < -0.3 is 17.7 Å². The Balaban J connectivity index is 0.000000125. The predicted octanol–water partition coefficient (Wildman–Crippen LogP) is 33.1. The van der Waals surface area contributed by atoms with E-state index in [0.717, 1.165) is 201 Å². The molecule has 0 bridgehead atoms. The number of aryl methyl sites for hydroxylation is 4. The van der Waals surface area contributed by atoms with Crippen LogP contribution in [-0.4, -0.2) is 0 Å². The maximum Gasteiger partial charge on any atom is 0.216 e. The topological polar surface area (TPSA) is 85.5 Å². The Morgan fingerprint density at radius 1 is 0.316 bits per heavy atom. The Morgan fingerprint density at radius 2 is 0.588 bits per heavy atom. The molecule has 12 nitrogen and oxygen atoms in total. The lowest BCUT2D eigenvalue weighted by atomic mass is 9.83. The Labute approximate surface area is 815 Å². The maximum atomic E-state index is 9.24. The van der Waals surface area contributed by atoms with E-state index in [9.17, 15) is 2.74 Å². The number of fused-ring (bicyclic) bond motifs is 12. The molecule has 136 heavy (non-hydrogen) atoms.